The molecule has 0 aliphatic rings. The Hall–Kier alpha value is -3.02. The van der Waals surface area contributed by atoms with E-state index in [9.17, 15) is 9.90 Å². The molecule has 2 N–H and O–H groups in total. The fraction of sp³-hybridized carbons (Fsp3) is 0.0909. The van der Waals surface area contributed by atoms with E-state index in [1.54, 1.807) is 4.57 Å². The lowest BCUT2D eigenvalue weighted by Crippen LogP contribution is -2.27. The number of imidazole rings is 1. The molecule has 0 fully saturated rings. The number of para-hydroxylation sites is 2. The number of carbonyl (C=O) groups excluding carboxylic acids is 1. The Balaban J connectivity index is 1.76. The normalized spacial score (nSPS) is 11.1. The Kier molecular flexibility index (Phi) is 5.18. The van der Waals surface area contributed by atoms with Crippen LogP contribution in [-0.2, 0) is 13.1 Å². The van der Waals surface area contributed by atoms with Gasteiger partial charge in [0.1, 0.15) is 0 Å². The number of nitrogens with one attached hydrogen (secondary N) is 1. The van der Waals surface area contributed by atoms with Gasteiger partial charge in [-0.3, -0.25) is 10.2 Å². The number of hydrogen-bond donors (Lipinski definition) is 2. The topological polar surface area (TPSA) is 71.0 Å². The molecule has 0 aliphatic carbocycles. The molecule has 0 atom stereocenters. The maximum absolute atomic E-state index is 12.9. The number of nitrogens with zero attached hydrogens (tertiary/aromatic N) is 2. The summed E-state index contributed by atoms with van der Waals surface area (Å²) in [6.45, 7) is 0.483. The molecule has 4 aromatic rings. The van der Waals surface area contributed by atoms with E-state index in [0.29, 0.717) is 6.54 Å². The molecule has 29 heavy (non-hydrogen) atoms. The molecule has 0 saturated heterocycles. The molecule has 4 rings (SSSR count). The molecule has 0 bridgehead atoms. The number of benzene rings is 3. The predicted molar refractivity (Wildman–Crippen MR) is 114 cm³/mol. The van der Waals surface area contributed by atoms with Gasteiger partial charge in [0.2, 0.25) is 5.62 Å². The third-order valence-electron chi connectivity index (χ3n) is 4.80. The lowest BCUT2D eigenvalue weighted by atomic mass is 10.1. The Morgan fingerprint density at radius 1 is 0.897 bits per heavy atom. The van der Waals surface area contributed by atoms with Crippen LogP contribution in [-0.4, -0.2) is 20.0 Å². The number of hydrogen-bond acceptors (Lipinski definition) is 3. The first-order valence-corrected chi connectivity index (χ1v) is 9.69. The van der Waals surface area contributed by atoms with Gasteiger partial charge in [-0.25, -0.2) is 0 Å². The first-order chi connectivity index (χ1) is 14.0. The molecule has 0 saturated carbocycles. The zero-order chi connectivity index (χ0) is 20.5. The first-order valence-electron chi connectivity index (χ1n) is 8.93. The Bertz CT molecular complexity index is 1250. The average molecular weight is 426 g/mol. The van der Waals surface area contributed by atoms with Crippen LogP contribution in [0.5, 0.6) is 5.75 Å². The molecular weight excluding hydrogens is 409 g/mol. The van der Waals surface area contributed by atoms with E-state index < -0.39 is 0 Å². The van der Waals surface area contributed by atoms with Crippen LogP contribution in [0.3, 0.4) is 0 Å². The minimum absolute atomic E-state index is 0.0171. The van der Waals surface area contributed by atoms with Gasteiger partial charge in [-0.05, 0) is 29.8 Å². The highest BCUT2D eigenvalue weighted by atomic mass is 35.5. The quantitative estimate of drug-likeness (QED) is 0.447. The number of halogens is 2. The van der Waals surface area contributed by atoms with Gasteiger partial charge in [-0.1, -0.05) is 65.7 Å². The van der Waals surface area contributed by atoms with Crippen LogP contribution >= 0.6 is 23.2 Å². The second-order valence-corrected chi connectivity index (χ2v) is 7.50. The number of phenolic OH excluding ortho intramolecular Hbond substituents is 1. The molecular formula is C22H17Cl2N3O2. The van der Waals surface area contributed by atoms with Crippen molar-refractivity contribution in [3.63, 3.8) is 0 Å². The van der Waals surface area contributed by atoms with Crippen molar-refractivity contribution in [2.45, 2.75) is 13.1 Å². The van der Waals surface area contributed by atoms with Crippen molar-refractivity contribution in [3.8, 4) is 5.75 Å². The van der Waals surface area contributed by atoms with Crippen LogP contribution < -0.4 is 5.62 Å². The van der Waals surface area contributed by atoms with E-state index in [2.05, 4.69) is 0 Å². The number of phenols is 1. The molecule has 0 unspecified atom stereocenters. The van der Waals surface area contributed by atoms with Crippen LogP contribution in [0.15, 0.2) is 66.7 Å². The molecule has 0 radical (unpaired) electrons. The SMILES string of the molecule is N=c1n(CC(=O)c2cc(Cl)c(O)c(Cl)c2)c2ccccc2n1Cc1ccccc1. The van der Waals surface area contributed by atoms with Crippen LogP contribution in [0.2, 0.25) is 10.0 Å². The fourth-order valence-corrected chi connectivity index (χ4v) is 3.83. The molecule has 3 aromatic carbocycles. The summed E-state index contributed by atoms with van der Waals surface area (Å²) in [5, 5.41) is 18.4. The Morgan fingerprint density at radius 3 is 2.07 bits per heavy atom. The summed E-state index contributed by atoms with van der Waals surface area (Å²) in [6, 6.07) is 20.3. The van der Waals surface area contributed by atoms with Crippen LogP contribution in [0.25, 0.3) is 11.0 Å². The van der Waals surface area contributed by atoms with Crippen molar-refractivity contribution in [2.24, 2.45) is 0 Å². The standard InChI is InChI=1S/C22H17Cl2N3O2/c23-16-10-15(11-17(24)21(16)29)20(28)13-27-19-9-5-4-8-18(19)26(22(27)25)12-14-6-2-1-3-7-14/h1-11,25,29H,12-13H2. The monoisotopic (exact) mass is 425 g/mol. The summed E-state index contributed by atoms with van der Waals surface area (Å²) in [5.74, 6) is -0.506. The van der Waals surface area contributed by atoms with Crippen molar-refractivity contribution in [3.05, 3.63) is 93.5 Å². The van der Waals surface area contributed by atoms with Gasteiger partial charge < -0.3 is 14.2 Å². The fourth-order valence-electron chi connectivity index (χ4n) is 3.34. The van der Waals surface area contributed by atoms with Crippen LogP contribution in [0.1, 0.15) is 15.9 Å². The lowest BCUT2D eigenvalue weighted by molar-refractivity contribution is 0.0971. The number of Topliss-reactive ketones (excluding diaryl/α,β-unsaturated/α-hetero) is 1. The summed E-state index contributed by atoms with van der Waals surface area (Å²) >= 11 is 11.9. The van der Waals surface area contributed by atoms with Crippen molar-refractivity contribution < 1.29 is 9.90 Å². The van der Waals surface area contributed by atoms with E-state index in [-0.39, 0.29) is 39.3 Å². The number of aromatic nitrogens is 2. The largest absolute Gasteiger partial charge is 0.505 e. The lowest BCUT2D eigenvalue weighted by Gasteiger charge is -2.07. The number of fused-ring (bicyclic) bond motifs is 1. The van der Waals surface area contributed by atoms with Gasteiger partial charge in [-0.2, -0.15) is 0 Å². The predicted octanol–water partition coefficient (Wildman–Crippen LogP) is 4.87. The summed E-state index contributed by atoms with van der Waals surface area (Å²) in [4.78, 5) is 12.9. The minimum atomic E-state index is -0.255. The van der Waals surface area contributed by atoms with Crippen molar-refractivity contribution >= 4 is 40.0 Å². The Morgan fingerprint density at radius 2 is 1.45 bits per heavy atom. The number of aromatic hydroxyl groups is 1. The molecule has 0 spiro atoms. The maximum atomic E-state index is 12.9. The molecule has 0 amide bonds. The van der Waals surface area contributed by atoms with Gasteiger partial charge in [0.15, 0.2) is 11.5 Å². The zero-order valence-corrected chi connectivity index (χ0v) is 16.8. The number of ketones is 1. The molecule has 1 heterocycles. The van der Waals surface area contributed by atoms with E-state index in [4.69, 9.17) is 28.6 Å². The number of carbonyl (C=O) groups is 1. The second-order valence-electron chi connectivity index (χ2n) is 6.68. The maximum Gasteiger partial charge on any atom is 0.203 e. The van der Waals surface area contributed by atoms with Gasteiger partial charge >= 0.3 is 0 Å². The molecule has 146 valence electrons. The van der Waals surface area contributed by atoms with E-state index in [1.807, 2.05) is 59.2 Å². The highest BCUT2D eigenvalue weighted by molar-refractivity contribution is 6.37. The Labute approximate surface area is 176 Å². The number of rotatable bonds is 5. The average Bonchev–Trinajstić information content (AvgIpc) is 2.98. The smallest absolute Gasteiger partial charge is 0.203 e. The van der Waals surface area contributed by atoms with Gasteiger partial charge in [0.25, 0.3) is 0 Å². The minimum Gasteiger partial charge on any atom is -0.505 e. The van der Waals surface area contributed by atoms with Crippen LogP contribution in [0.4, 0.5) is 0 Å². The van der Waals surface area contributed by atoms with E-state index in [0.717, 1.165) is 16.6 Å². The van der Waals surface area contributed by atoms with Crippen molar-refractivity contribution in [2.75, 3.05) is 0 Å². The third-order valence-corrected chi connectivity index (χ3v) is 5.37. The second kappa shape index (κ2) is 7.78. The molecule has 1 aromatic heterocycles. The van der Waals surface area contributed by atoms with Gasteiger partial charge in [0, 0.05) is 5.56 Å². The molecule has 5 nitrogen and oxygen atoms in total. The molecule has 0 aliphatic heterocycles. The third kappa shape index (κ3) is 3.67. The summed E-state index contributed by atoms with van der Waals surface area (Å²) in [5.41, 5.74) is 3.23. The summed E-state index contributed by atoms with van der Waals surface area (Å²) in [6.07, 6.45) is 0. The highest BCUT2D eigenvalue weighted by Gasteiger charge is 2.17. The molecule has 7 heteroatoms. The van der Waals surface area contributed by atoms with E-state index >= 15 is 0 Å². The van der Waals surface area contributed by atoms with Crippen LogP contribution in [0, 0.1) is 5.41 Å². The van der Waals surface area contributed by atoms with Crippen molar-refractivity contribution in [1.29, 1.82) is 5.41 Å². The first kappa shape index (κ1) is 19.3. The van der Waals surface area contributed by atoms with Gasteiger partial charge in [-0.15, -0.1) is 0 Å². The van der Waals surface area contributed by atoms with Gasteiger partial charge in [0.05, 0.1) is 34.2 Å². The highest BCUT2D eigenvalue weighted by Crippen LogP contribution is 2.33. The summed E-state index contributed by atoms with van der Waals surface area (Å²) < 4.78 is 3.53. The van der Waals surface area contributed by atoms with Crippen molar-refractivity contribution in [1.82, 2.24) is 9.13 Å². The summed E-state index contributed by atoms with van der Waals surface area (Å²) in [7, 11) is 0. The van der Waals surface area contributed by atoms with E-state index in [1.165, 1.54) is 12.1 Å². The zero-order valence-electron chi connectivity index (χ0n) is 15.3.